The third kappa shape index (κ3) is 4.86. The van der Waals surface area contributed by atoms with Crippen LogP contribution in [0.2, 0.25) is 0 Å². The summed E-state index contributed by atoms with van der Waals surface area (Å²) >= 11 is 10.0. The highest BCUT2D eigenvalue weighted by Gasteiger charge is 2.34. The molecular weight excluding hydrogens is 470 g/mol. The highest BCUT2D eigenvalue weighted by atomic mass is 79.9. The van der Waals surface area contributed by atoms with Gasteiger partial charge in [0.2, 0.25) is 0 Å². The van der Waals surface area contributed by atoms with Gasteiger partial charge in [0.15, 0.2) is 18.1 Å². The van der Waals surface area contributed by atoms with E-state index in [4.69, 9.17) is 31.5 Å². The predicted molar refractivity (Wildman–Crippen MR) is 113 cm³/mol. The maximum Gasteiger partial charge on any atom is 0.341 e. The maximum absolute atomic E-state index is 12.8. The summed E-state index contributed by atoms with van der Waals surface area (Å²) in [4.78, 5) is 25.6. The Kier molecular flexibility index (Phi) is 6.97. The maximum atomic E-state index is 12.8. The molecule has 0 aliphatic carbocycles. The summed E-state index contributed by atoms with van der Waals surface area (Å²) in [6.07, 6.45) is 3.68. The highest BCUT2D eigenvalue weighted by Crippen LogP contribution is 2.38. The lowest BCUT2D eigenvalue weighted by Crippen LogP contribution is -2.35. The van der Waals surface area contributed by atoms with E-state index in [0.717, 1.165) is 19.4 Å². The lowest BCUT2D eigenvalue weighted by Gasteiger charge is -2.18. The molecule has 1 amide bonds. The number of rotatable bonds is 7. The minimum absolute atomic E-state index is 0.0272. The minimum atomic E-state index is -1.09. The van der Waals surface area contributed by atoms with Gasteiger partial charge in [-0.3, -0.25) is 9.69 Å². The van der Waals surface area contributed by atoms with E-state index in [9.17, 15) is 9.59 Å². The molecule has 0 spiro atoms. The average Bonchev–Trinajstić information content (AvgIpc) is 3.26. The molecule has 3 rings (SSSR count). The van der Waals surface area contributed by atoms with E-state index in [1.165, 1.54) is 18.9 Å². The number of carbonyl (C=O) groups excluding carboxylic acids is 1. The van der Waals surface area contributed by atoms with Gasteiger partial charge in [-0.2, -0.15) is 0 Å². The molecule has 1 aromatic rings. The van der Waals surface area contributed by atoms with Crippen molar-refractivity contribution in [1.29, 1.82) is 0 Å². The van der Waals surface area contributed by atoms with Crippen LogP contribution in [0.3, 0.4) is 0 Å². The molecule has 2 aliphatic rings. The first-order chi connectivity index (χ1) is 13.4. The van der Waals surface area contributed by atoms with Gasteiger partial charge in [-0.15, -0.1) is 0 Å². The van der Waals surface area contributed by atoms with Crippen molar-refractivity contribution >= 4 is 62.2 Å². The van der Waals surface area contributed by atoms with Gasteiger partial charge in [-0.1, -0.05) is 39.9 Å². The Morgan fingerprint density at radius 1 is 1.50 bits per heavy atom. The normalized spacial score (nSPS) is 20.9. The fourth-order valence-corrected chi connectivity index (χ4v) is 4.57. The third-order valence-electron chi connectivity index (χ3n) is 4.20. The molecule has 0 saturated carbocycles. The van der Waals surface area contributed by atoms with Crippen LogP contribution in [0.4, 0.5) is 0 Å². The number of amides is 1. The molecule has 1 N–H and O–H groups in total. The fraction of sp³-hybridized carbons (Fsp3) is 0.389. The summed E-state index contributed by atoms with van der Waals surface area (Å²) in [5.74, 6) is -0.579. The second kappa shape index (κ2) is 9.25. The van der Waals surface area contributed by atoms with Crippen molar-refractivity contribution in [2.45, 2.75) is 18.9 Å². The van der Waals surface area contributed by atoms with Crippen LogP contribution in [0.25, 0.3) is 6.08 Å². The van der Waals surface area contributed by atoms with Crippen LogP contribution in [0.1, 0.15) is 18.4 Å². The molecule has 0 aromatic heterocycles. The number of carbonyl (C=O) groups is 2. The number of benzene rings is 1. The van der Waals surface area contributed by atoms with Gasteiger partial charge in [-0.05, 0) is 36.6 Å². The van der Waals surface area contributed by atoms with Crippen molar-refractivity contribution in [3.63, 3.8) is 0 Å². The molecule has 150 valence electrons. The summed E-state index contributed by atoms with van der Waals surface area (Å²) in [5, 5.41) is 8.78. The number of carboxylic acids is 1. The van der Waals surface area contributed by atoms with Crippen molar-refractivity contribution in [1.82, 2.24) is 4.90 Å². The minimum Gasteiger partial charge on any atom is -0.493 e. The second-order valence-electron chi connectivity index (χ2n) is 6.13. The van der Waals surface area contributed by atoms with E-state index in [1.54, 1.807) is 23.1 Å². The lowest BCUT2D eigenvalue weighted by atomic mass is 10.1. The zero-order valence-corrected chi connectivity index (χ0v) is 18.2. The van der Waals surface area contributed by atoms with Crippen LogP contribution in [-0.4, -0.2) is 59.2 Å². The molecule has 2 heterocycles. The van der Waals surface area contributed by atoms with Gasteiger partial charge >= 0.3 is 5.97 Å². The Morgan fingerprint density at radius 2 is 2.29 bits per heavy atom. The topological polar surface area (TPSA) is 85.3 Å². The molecule has 2 saturated heterocycles. The van der Waals surface area contributed by atoms with Crippen LogP contribution in [0, 0.1) is 0 Å². The van der Waals surface area contributed by atoms with E-state index >= 15 is 0 Å². The summed E-state index contributed by atoms with van der Waals surface area (Å²) in [5.41, 5.74) is 0.692. The highest BCUT2D eigenvalue weighted by molar-refractivity contribution is 9.10. The number of carboxylic acid groups (broad SMARTS) is 1. The quantitative estimate of drug-likeness (QED) is 0.463. The van der Waals surface area contributed by atoms with Gasteiger partial charge in [0, 0.05) is 11.1 Å². The van der Waals surface area contributed by atoms with Crippen LogP contribution >= 0.6 is 39.9 Å². The molecule has 7 nitrogen and oxygen atoms in total. The van der Waals surface area contributed by atoms with E-state index in [-0.39, 0.29) is 12.0 Å². The summed E-state index contributed by atoms with van der Waals surface area (Å²) in [6.45, 7) is 0.705. The number of aliphatic carboxylic acids is 1. The van der Waals surface area contributed by atoms with Crippen molar-refractivity contribution in [2.75, 3.05) is 26.9 Å². The number of nitrogens with zero attached hydrogens (tertiary/aromatic N) is 1. The monoisotopic (exact) mass is 487 g/mol. The number of halogens is 1. The SMILES string of the molecule is COc1cc(/C=C2\SC(=S)N(C[C@H]3CCCO3)C2=O)c(Br)cc1OCC(=O)O. The summed E-state index contributed by atoms with van der Waals surface area (Å²) in [7, 11) is 1.46. The van der Waals surface area contributed by atoms with E-state index in [2.05, 4.69) is 15.9 Å². The average molecular weight is 488 g/mol. The molecule has 2 aliphatic heterocycles. The zero-order chi connectivity index (χ0) is 20.3. The molecule has 10 heteroatoms. The lowest BCUT2D eigenvalue weighted by molar-refractivity contribution is -0.139. The third-order valence-corrected chi connectivity index (χ3v) is 6.27. The number of hydrogen-bond donors (Lipinski definition) is 1. The fourth-order valence-electron chi connectivity index (χ4n) is 2.86. The van der Waals surface area contributed by atoms with Crippen LogP contribution < -0.4 is 9.47 Å². The molecule has 0 radical (unpaired) electrons. The van der Waals surface area contributed by atoms with Gasteiger partial charge in [-0.25, -0.2) is 4.79 Å². The van der Waals surface area contributed by atoms with E-state index < -0.39 is 12.6 Å². The van der Waals surface area contributed by atoms with Gasteiger partial charge in [0.25, 0.3) is 5.91 Å². The Morgan fingerprint density at radius 3 is 2.93 bits per heavy atom. The molecule has 1 atom stereocenters. The molecule has 1 aromatic carbocycles. The Balaban J connectivity index is 1.81. The molecule has 2 fully saturated rings. The Bertz CT molecular complexity index is 838. The number of thioether (sulfide) groups is 1. The van der Waals surface area contributed by atoms with Crippen molar-refractivity contribution in [3.05, 3.63) is 27.1 Å². The summed E-state index contributed by atoms with van der Waals surface area (Å²) in [6, 6.07) is 3.29. The molecular formula is C18H18BrNO6S2. The molecule has 28 heavy (non-hydrogen) atoms. The zero-order valence-electron chi connectivity index (χ0n) is 15.0. The molecule has 0 unspecified atom stereocenters. The number of hydrogen-bond acceptors (Lipinski definition) is 7. The van der Waals surface area contributed by atoms with Gasteiger partial charge in [0.1, 0.15) is 4.32 Å². The molecule has 0 bridgehead atoms. The number of thiocarbonyl (C=S) groups is 1. The second-order valence-corrected chi connectivity index (χ2v) is 8.66. The Hall–Kier alpha value is -1.62. The predicted octanol–water partition coefficient (Wildman–Crippen LogP) is 3.30. The van der Waals surface area contributed by atoms with E-state index in [0.29, 0.717) is 37.3 Å². The first-order valence-electron chi connectivity index (χ1n) is 8.48. The van der Waals surface area contributed by atoms with Crippen LogP contribution in [0.5, 0.6) is 11.5 Å². The van der Waals surface area contributed by atoms with Crippen molar-refractivity contribution < 1.29 is 28.9 Å². The van der Waals surface area contributed by atoms with Crippen molar-refractivity contribution in [3.8, 4) is 11.5 Å². The first-order valence-corrected chi connectivity index (χ1v) is 10.5. The smallest absolute Gasteiger partial charge is 0.341 e. The standard InChI is InChI=1S/C18H18BrNO6S2/c1-24-13-5-10(12(19)7-14(13)26-9-16(21)22)6-15-17(23)20(18(27)28-15)8-11-3-2-4-25-11/h5-7,11H,2-4,8-9H2,1H3,(H,21,22)/b15-6-/t11-/m1/s1. The first kappa shape index (κ1) is 21.1. The van der Waals surface area contributed by atoms with Crippen molar-refractivity contribution in [2.24, 2.45) is 0 Å². The van der Waals surface area contributed by atoms with Gasteiger partial charge in [0.05, 0.1) is 24.7 Å². The van der Waals surface area contributed by atoms with Crippen LogP contribution in [-0.2, 0) is 14.3 Å². The van der Waals surface area contributed by atoms with E-state index in [1.807, 2.05) is 0 Å². The summed E-state index contributed by atoms with van der Waals surface area (Å²) < 4.78 is 17.3. The number of ether oxygens (including phenoxy) is 3. The number of methoxy groups -OCH3 is 1. The van der Waals surface area contributed by atoms with Gasteiger partial charge < -0.3 is 19.3 Å². The van der Waals surface area contributed by atoms with Crippen LogP contribution in [0.15, 0.2) is 21.5 Å². The Labute approximate surface area is 180 Å². The largest absolute Gasteiger partial charge is 0.493 e.